The van der Waals surface area contributed by atoms with Crippen molar-refractivity contribution < 1.29 is 4.74 Å². The molecule has 0 bridgehead atoms. The fraction of sp³-hybridized carbons (Fsp3) is 0.412. The smallest absolute Gasteiger partial charge is 0.119 e. The molecule has 0 spiro atoms. The van der Waals surface area contributed by atoms with Crippen molar-refractivity contribution in [1.29, 1.82) is 0 Å². The van der Waals surface area contributed by atoms with E-state index < -0.39 is 0 Å². The summed E-state index contributed by atoms with van der Waals surface area (Å²) in [7, 11) is 0. The average Bonchev–Trinajstić information content (AvgIpc) is 3.34. The Morgan fingerprint density at radius 1 is 1.14 bits per heavy atom. The molecule has 4 nitrogen and oxygen atoms in total. The van der Waals surface area contributed by atoms with Gasteiger partial charge in [0.05, 0.1) is 18.3 Å². The molecule has 1 aliphatic carbocycles. The maximum Gasteiger partial charge on any atom is 0.119 e. The third-order valence-electron chi connectivity index (χ3n) is 3.58. The molecule has 0 aliphatic heterocycles. The lowest BCUT2D eigenvalue weighted by molar-refractivity contribution is 0.303. The molecule has 21 heavy (non-hydrogen) atoms. The second-order valence-corrected chi connectivity index (χ2v) is 5.45. The zero-order valence-electron chi connectivity index (χ0n) is 12.3. The molecule has 2 aromatic rings. The van der Waals surface area contributed by atoms with Crippen LogP contribution in [0.2, 0.25) is 0 Å². The summed E-state index contributed by atoms with van der Waals surface area (Å²) < 4.78 is 5.80. The van der Waals surface area contributed by atoms with Crippen LogP contribution in [0.3, 0.4) is 0 Å². The molecule has 110 valence electrons. The number of ether oxygens (including phenoxy) is 1. The first-order valence-corrected chi connectivity index (χ1v) is 7.63. The first-order valence-electron chi connectivity index (χ1n) is 7.63. The quantitative estimate of drug-likeness (QED) is 0.848. The molecule has 1 N–H and O–H groups in total. The SMILES string of the molecule is CCCNC(c1ccc(OC2CC2)cc1)c1ccnnc1. The molecule has 1 aromatic carbocycles. The minimum Gasteiger partial charge on any atom is -0.490 e. The number of hydrogen-bond acceptors (Lipinski definition) is 4. The van der Waals surface area contributed by atoms with Gasteiger partial charge < -0.3 is 10.1 Å². The Morgan fingerprint density at radius 3 is 2.57 bits per heavy atom. The molecule has 1 saturated carbocycles. The largest absolute Gasteiger partial charge is 0.490 e. The van der Waals surface area contributed by atoms with Crippen molar-refractivity contribution >= 4 is 0 Å². The van der Waals surface area contributed by atoms with Gasteiger partial charge in [-0.1, -0.05) is 19.1 Å². The first-order chi connectivity index (χ1) is 10.4. The van der Waals surface area contributed by atoms with Crippen LogP contribution in [0.1, 0.15) is 43.4 Å². The number of hydrogen-bond donors (Lipinski definition) is 1. The van der Waals surface area contributed by atoms with Gasteiger partial charge in [0.2, 0.25) is 0 Å². The summed E-state index contributed by atoms with van der Waals surface area (Å²) in [6.45, 7) is 3.13. The van der Waals surface area contributed by atoms with Crippen molar-refractivity contribution in [2.24, 2.45) is 0 Å². The van der Waals surface area contributed by atoms with Crippen molar-refractivity contribution in [3.8, 4) is 5.75 Å². The summed E-state index contributed by atoms with van der Waals surface area (Å²) >= 11 is 0. The first kappa shape index (κ1) is 14.0. The molecule has 1 fully saturated rings. The van der Waals surface area contributed by atoms with Gasteiger partial charge in [0, 0.05) is 6.20 Å². The van der Waals surface area contributed by atoms with Crippen LogP contribution >= 0.6 is 0 Å². The molecule has 1 aromatic heterocycles. The molecular weight excluding hydrogens is 262 g/mol. The van der Waals surface area contributed by atoms with Crippen molar-refractivity contribution in [2.75, 3.05) is 6.54 Å². The number of aromatic nitrogens is 2. The highest BCUT2D eigenvalue weighted by Gasteiger charge is 2.23. The second kappa shape index (κ2) is 6.68. The van der Waals surface area contributed by atoms with Crippen LogP contribution < -0.4 is 10.1 Å². The van der Waals surface area contributed by atoms with Gasteiger partial charge in [-0.05, 0) is 55.1 Å². The van der Waals surface area contributed by atoms with E-state index in [4.69, 9.17) is 4.74 Å². The van der Waals surface area contributed by atoms with Crippen LogP contribution in [0, 0.1) is 0 Å². The lowest BCUT2D eigenvalue weighted by atomic mass is 10.0. The number of benzene rings is 1. The average molecular weight is 283 g/mol. The number of nitrogens with one attached hydrogen (secondary N) is 1. The van der Waals surface area contributed by atoms with E-state index in [0.29, 0.717) is 6.10 Å². The zero-order chi connectivity index (χ0) is 14.5. The minimum atomic E-state index is 0.149. The van der Waals surface area contributed by atoms with Gasteiger partial charge in [0.25, 0.3) is 0 Å². The van der Waals surface area contributed by atoms with Crippen LogP contribution in [0.5, 0.6) is 5.75 Å². The van der Waals surface area contributed by atoms with E-state index in [1.807, 2.05) is 12.3 Å². The van der Waals surface area contributed by atoms with Crippen LogP contribution in [0.15, 0.2) is 42.7 Å². The van der Waals surface area contributed by atoms with Crippen molar-refractivity contribution in [2.45, 2.75) is 38.3 Å². The van der Waals surface area contributed by atoms with Crippen molar-refractivity contribution in [3.05, 3.63) is 53.9 Å². The molecule has 1 atom stereocenters. The highest BCUT2D eigenvalue weighted by atomic mass is 16.5. The van der Waals surface area contributed by atoms with E-state index in [1.54, 1.807) is 6.20 Å². The Hall–Kier alpha value is -1.94. The lowest BCUT2D eigenvalue weighted by Gasteiger charge is -2.19. The third kappa shape index (κ3) is 3.79. The summed E-state index contributed by atoms with van der Waals surface area (Å²) in [6.07, 6.45) is 7.46. The molecule has 0 saturated heterocycles. The standard InChI is InChI=1S/C17H21N3O/c1-2-10-18-17(14-9-11-19-20-12-14)13-3-5-15(6-4-13)21-16-7-8-16/h3-6,9,11-12,16-18H,2,7-8,10H2,1H3. The van der Waals surface area contributed by atoms with Gasteiger partial charge in [-0.15, -0.1) is 0 Å². The fourth-order valence-electron chi connectivity index (χ4n) is 2.31. The van der Waals surface area contributed by atoms with Gasteiger partial charge in [-0.25, -0.2) is 0 Å². The van der Waals surface area contributed by atoms with Gasteiger partial charge >= 0.3 is 0 Å². The molecule has 1 unspecified atom stereocenters. The van der Waals surface area contributed by atoms with E-state index in [9.17, 15) is 0 Å². The second-order valence-electron chi connectivity index (χ2n) is 5.45. The highest BCUT2D eigenvalue weighted by Crippen LogP contribution is 2.28. The predicted octanol–water partition coefficient (Wildman–Crippen LogP) is 3.11. The third-order valence-corrected chi connectivity index (χ3v) is 3.58. The maximum atomic E-state index is 5.80. The summed E-state index contributed by atoms with van der Waals surface area (Å²) in [5.41, 5.74) is 2.36. The maximum absolute atomic E-state index is 5.80. The minimum absolute atomic E-state index is 0.149. The van der Waals surface area contributed by atoms with E-state index in [1.165, 1.54) is 18.4 Å². The molecule has 0 radical (unpaired) electrons. The van der Waals surface area contributed by atoms with Crippen LogP contribution in [-0.2, 0) is 0 Å². The van der Waals surface area contributed by atoms with Gasteiger partial charge in [0.15, 0.2) is 0 Å². The van der Waals surface area contributed by atoms with Gasteiger partial charge in [0.1, 0.15) is 5.75 Å². The zero-order valence-corrected chi connectivity index (χ0v) is 12.3. The Kier molecular flexibility index (Phi) is 4.46. The highest BCUT2D eigenvalue weighted by molar-refractivity contribution is 5.34. The summed E-state index contributed by atoms with van der Waals surface area (Å²) in [5, 5.41) is 11.4. The summed E-state index contributed by atoms with van der Waals surface area (Å²) in [6, 6.07) is 10.5. The Bertz CT molecular complexity index is 552. The fourth-order valence-corrected chi connectivity index (χ4v) is 2.31. The van der Waals surface area contributed by atoms with E-state index in [0.717, 1.165) is 24.3 Å². The monoisotopic (exact) mass is 283 g/mol. The molecule has 3 rings (SSSR count). The molecule has 0 amide bonds. The summed E-state index contributed by atoms with van der Waals surface area (Å²) in [4.78, 5) is 0. The summed E-state index contributed by atoms with van der Waals surface area (Å²) in [5.74, 6) is 0.961. The van der Waals surface area contributed by atoms with E-state index in [2.05, 4.69) is 46.7 Å². The van der Waals surface area contributed by atoms with Gasteiger partial charge in [-0.3, -0.25) is 0 Å². The van der Waals surface area contributed by atoms with E-state index in [-0.39, 0.29) is 6.04 Å². The molecule has 1 aliphatic rings. The number of nitrogens with zero attached hydrogens (tertiary/aromatic N) is 2. The number of rotatable bonds is 7. The molecule has 1 heterocycles. The van der Waals surface area contributed by atoms with Crippen LogP contribution in [0.25, 0.3) is 0 Å². The topological polar surface area (TPSA) is 47.0 Å². The predicted molar refractivity (Wildman–Crippen MR) is 82.3 cm³/mol. The molecular formula is C17H21N3O. The Balaban J connectivity index is 1.78. The van der Waals surface area contributed by atoms with Crippen molar-refractivity contribution in [1.82, 2.24) is 15.5 Å². The van der Waals surface area contributed by atoms with Crippen LogP contribution in [-0.4, -0.2) is 22.8 Å². The van der Waals surface area contributed by atoms with Crippen LogP contribution in [0.4, 0.5) is 0 Å². The molecule has 4 heteroatoms. The van der Waals surface area contributed by atoms with Crippen molar-refractivity contribution in [3.63, 3.8) is 0 Å². The van der Waals surface area contributed by atoms with Gasteiger partial charge in [-0.2, -0.15) is 10.2 Å². The lowest BCUT2D eigenvalue weighted by Crippen LogP contribution is -2.23. The Morgan fingerprint density at radius 2 is 1.95 bits per heavy atom. The van der Waals surface area contributed by atoms with E-state index >= 15 is 0 Å². The Labute approximate surface area is 125 Å². The normalized spacial score (nSPS) is 15.7.